The van der Waals surface area contributed by atoms with Crippen molar-refractivity contribution in [1.29, 1.82) is 0 Å². The van der Waals surface area contributed by atoms with E-state index in [-0.39, 0.29) is 0 Å². The molecule has 10 heavy (non-hydrogen) atoms. The summed E-state index contributed by atoms with van der Waals surface area (Å²) in [5, 5.41) is 0. The largest absolute Gasteiger partial charge is 0.249 e. The molecular formula is C7H7Br2N. The minimum Gasteiger partial charge on any atom is -0.249 e. The number of pyridine rings is 1. The van der Waals surface area contributed by atoms with E-state index in [0.29, 0.717) is 4.83 Å². The molecule has 0 amide bonds. The van der Waals surface area contributed by atoms with Crippen LogP contribution in [-0.4, -0.2) is 4.98 Å². The van der Waals surface area contributed by atoms with E-state index in [1.807, 2.05) is 12.1 Å². The van der Waals surface area contributed by atoms with E-state index >= 15 is 0 Å². The van der Waals surface area contributed by atoms with Gasteiger partial charge in [0.1, 0.15) is 4.60 Å². The summed E-state index contributed by atoms with van der Waals surface area (Å²) in [4.78, 5) is 4.44. The molecule has 0 radical (unpaired) electrons. The molecule has 1 atom stereocenters. The van der Waals surface area contributed by atoms with Gasteiger partial charge in [0.25, 0.3) is 0 Å². The van der Waals surface area contributed by atoms with E-state index in [4.69, 9.17) is 0 Å². The van der Waals surface area contributed by atoms with Crippen LogP contribution >= 0.6 is 31.9 Å². The lowest BCUT2D eigenvalue weighted by atomic mass is 10.2. The van der Waals surface area contributed by atoms with E-state index in [1.54, 1.807) is 6.20 Å². The Bertz CT molecular complexity index is 223. The third-order valence-electron chi connectivity index (χ3n) is 1.22. The summed E-state index contributed by atoms with van der Waals surface area (Å²) in [6.07, 6.45) is 1.77. The summed E-state index contributed by atoms with van der Waals surface area (Å²) in [7, 11) is 0. The van der Waals surface area contributed by atoms with Crippen LogP contribution in [-0.2, 0) is 0 Å². The van der Waals surface area contributed by atoms with Crippen LogP contribution in [0, 0.1) is 0 Å². The Morgan fingerprint density at radius 2 is 2.30 bits per heavy atom. The van der Waals surface area contributed by atoms with Crippen molar-refractivity contribution in [2.24, 2.45) is 0 Å². The molecule has 54 valence electrons. The highest BCUT2D eigenvalue weighted by atomic mass is 79.9. The molecule has 1 aromatic heterocycles. The molecule has 0 aliphatic rings. The first-order chi connectivity index (χ1) is 4.72. The Hall–Kier alpha value is 0.110. The number of alkyl halides is 1. The fraction of sp³-hybridized carbons (Fsp3) is 0.286. The minimum absolute atomic E-state index is 0.357. The monoisotopic (exact) mass is 263 g/mol. The smallest absolute Gasteiger partial charge is 0.110 e. The van der Waals surface area contributed by atoms with Gasteiger partial charge in [-0.25, -0.2) is 4.98 Å². The fourth-order valence-electron chi connectivity index (χ4n) is 0.695. The number of nitrogens with zero attached hydrogens (tertiary/aromatic N) is 1. The highest BCUT2D eigenvalue weighted by Gasteiger charge is 2.03. The van der Waals surface area contributed by atoms with Gasteiger partial charge >= 0.3 is 0 Å². The van der Waals surface area contributed by atoms with Crippen molar-refractivity contribution in [2.45, 2.75) is 11.8 Å². The summed E-state index contributed by atoms with van der Waals surface area (Å²) >= 11 is 6.82. The first-order valence-corrected chi connectivity index (χ1v) is 4.67. The average molecular weight is 265 g/mol. The predicted molar refractivity (Wildman–Crippen MR) is 49.3 cm³/mol. The normalized spacial score (nSPS) is 13.1. The standard InChI is InChI=1S/C7H7Br2N/c1-5(8)6-3-2-4-10-7(6)9/h2-5H,1H3/t5-/m0/s1. The lowest BCUT2D eigenvalue weighted by Gasteiger charge is -2.03. The number of rotatable bonds is 1. The zero-order valence-corrected chi connectivity index (χ0v) is 8.68. The van der Waals surface area contributed by atoms with Gasteiger partial charge in [-0.05, 0) is 34.5 Å². The van der Waals surface area contributed by atoms with E-state index in [0.717, 1.165) is 4.60 Å². The zero-order chi connectivity index (χ0) is 7.56. The van der Waals surface area contributed by atoms with E-state index in [1.165, 1.54) is 5.56 Å². The van der Waals surface area contributed by atoms with Crippen LogP contribution in [0.4, 0.5) is 0 Å². The van der Waals surface area contributed by atoms with Crippen LogP contribution in [0.2, 0.25) is 0 Å². The molecule has 1 nitrogen and oxygen atoms in total. The quantitative estimate of drug-likeness (QED) is 0.560. The maximum absolute atomic E-state index is 4.09. The van der Waals surface area contributed by atoms with Crippen molar-refractivity contribution in [3.63, 3.8) is 0 Å². The molecule has 1 heterocycles. The lowest BCUT2D eigenvalue weighted by Crippen LogP contribution is -1.86. The van der Waals surface area contributed by atoms with E-state index in [9.17, 15) is 0 Å². The van der Waals surface area contributed by atoms with Gasteiger partial charge in [-0.15, -0.1) is 0 Å². The van der Waals surface area contributed by atoms with Crippen LogP contribution in [0.3, 0.4) is 0 Å². The van der Waals surface area contributed by atoms with Crippen molar-refractivity contribution < 1.29 is 0 Å². The molecule has 0 aliphatic carbocycles. The molecule has 0 bridgehead atoms. The summed E-state index contributed by atoms with van der Waals surface area (Å²) < 4.78 is 0.916. The molecule has 0 aliphatic heterocycles. The molecule has 0 N–H and O–H groups in total. The molecule has 0 fully saturated rings. The highest BCUT2D eigenvalue weighted by molar-refractivity contribution is 9.10. The van der Waals surface area contributed by atoms with Crippen molar-refractivity contribution in [2.75, 3.05) is 0 Å². The predicted octanol–water partition coefficient (Wildman–Crippen LogP) is 3.30. The van der Waals surface area contributed by atoms with Gasteiger partial charge in [0, 0.05) is 11.0 Å². The number of halogens is 2. The molecule has 0 aromatic carbocycles. The first kappa shape index (κ1) is 8.21. The van der Waals surface area contributed by atoms with Gasteiger partial charge in [0.15, 0.2) is 0 Å². The summed E-state index contributed by atoms with van der Waals surface area (Å²) in [6.45, 7) is 2.07. The Kier molecular flexibility index (Phi) is 2.86. The van der Waals surface area contributed by atoms with Crippen molar-refractivity contribution in [1.82, 2.24) is 4.98 Å². The van der Waals surface area contributed by atoms with Gasteiger partial charge in [-0.1, -0.05) is 22.0 Å². The molecule has 1 rings (SSSR count). The van der Waals surface area contributed by atoms with Gasteiger partial charge in [-0.3, -0.25) is 0 Å². The molecular weight excluding hydrogens is 258 g/mol. The molecule has 0 saturated carbocycles. The van der Waals surface area contributed by atoms with Crippen molar-refractivity contribution in [3.05, 3.63) is 28.5 Å². The van der Waals surface area contributed by atoms with Gasteiger partial charge in [0.2, 0.25) is 0 Å². The molecule has 3 heteroatoms. The SMILES string of the molecule is C[C@H](Br)c1cccnc1Br. The molecule has 0 saturated heterocycles. The highest BCUT2D eigenvalue weighted by Crippen LogP contribution is 2.26. The number of hydrogen-bond acceptors (Lipinski definition) is 1. The summed E-state index contributed by atoms with van der Waals surface area (Å²) in [5.74, 6) is 0. The third-order valence-corrected chi connectivity index (χ3v) is 2.37. The Morgan fingerprint density at radius 1 is 1.60 bits per heavy atom. The Labute approximate surface area is 77.1 Å². The number of hydrogen-bond donors (Lipinski definition) is 0. The zero-order valence-electron chi connectivity index (χ0n) is 5.51. The van der Waals surface area contributed by atoms with Crippen LogP contribution in [0.5, 0.6) is 0 Å². The lowest BCUT2D eigenvalue weighted by molar-refractivity contribution is 1.07. The summed E-state index contributed by atoms with van der Waals surface area (Å²) in [5.41, 5.74) is 1.18. The third kappa shape index (κ3) is 1.80. The van der Waals surface area contributed by atoms with E-state index in [2.05, 4.69) is 43.8 Å². The maximum atomic E-state index is 4.09. The van der Waals surface area contributed by atoms with Gasteiger partial charge in [-0.2, -0.15) is 0 Å². The second-order valence-corrected chi connectivity index (χ2v) is 4.12. The summed E-state index contributed by atoms with van der Waals surface area (Å²) in [6, 6.07) is 3.97. The van der Waals surface area contributed by atoms with Gasteiger partial charge in [0.05, 0.1) is 0 Å². The fourth-order valence-corrected chi connectivity index (χ4v) is 1.97. The van der Waals surface area contributed by atoms with E-state index < -0.39 is 0 Å². The Morgan fingerprint density at radius 3 is 2.70 bits per heavy atom. The van der Waals surface area contributed by atoms with Crippen LogP contribution in [0.1, 0.15) is 17.3 Å². The second-order valence-electron chi connectivity index (χ2n) is 2.00. The second kappa shape index (κ2) is 3.49. The minimum atomic E-state index is 0.357. The molecule has 0 unspecified atom stereocenters. The number of aromatic nitrogens is 1. The van der Waals surface area contributed by atoms with Crippen molar-refractivity contribution >= 4 is 31.9 Å². The van der Waals surface area contributed by atoms with Crippen LogP contribution in [0.25, 0.3) is 0 Å². The van der Waals surface area contributed by atoms with Crippen LogP contribution in [0.15, 0.2) is 22.9 Å². The Balaban J connectivity index is 3.03. The average Bonchev–Trinajstić information content (AvgIpc) is 1.88. The topological polar surface area (TPSA) is 12.9 Å². The first-order valence-electron chi connectivity index (χ1n) is 2.96. The molecule has 1 aromatic rings. The van der Waals surface area contributed by atoms with Crippen LogP contribution < -0.4 is 0 Å². The van der Waals surface area contributed by atoms with Crippen molar-refractivity contribution in [3.8, 4) is 0 Å². The maximum Gasteiger partial charge on any atom is 0.110 e. The molecule has 0 spiro atoms. The van der Waals surface area contributed by atoms with Gasteiger partial charge < -0.3 is 0 Å².